The molecule has 1 unspecified atom stereocenters. The molecule has 0 aliphatic carbocycles. The maximum absolute atomic E-state index is 10.9. The van der Waals surface area contributed by atoms with Crippen molar-refractivity contribution in [1.29, 1.82) is 0 Å². The van der Waals surface area contributed by atoms with Crippen molar-refractivity contribution in [3.63, 3.8) is 0 Å². The fourth-order valence-electron chi connectivity index (χ4n) is 4.36. The number of hydrogen-bond acceptors (Lipinski definition) is 8. The van der Waals surface area contributed by atoms with E-state index in [9.17, 15) is 20.4 Å². The summed E-state index contributed by atoms with van der Waals surface area (Å²) in [4.78, 5) is 0. The van der Waals surface area contributed by atoms with Crippen molar-refractivity contribution in [2.75, 3.05) is 20.5 Å². The van der Waals surface area contributed by atoms with Gasteiger partial charge in [-0.1, -0.05) is 49.7 Å². The van der Waals surface area contributed by atoms with Crippen LogP contribution in [0.2, 0.25) is 5.02 Å². The molecule has 1 saturated heterocycles. The lowest BCUT2D eigenvalue weighted by atomic mass is 9.86. The van der Waals surface area contributed by atoms with Crippen LogP contribution >= 0.6 is 11.6 Å². The van der Waals surface area contributed by atoms with Crippen LogP contribution < -0.4 is 9.47 Å². The molecule has 2 heterocycles. The Kier molecular flexibility index (Phi) is 6.89. The van der Waals surface area contributed by atoms with Gasteiger partial charge < -0.3 is 39.4 Å². The number of benzene rings is 2. The molecule has 1 fully saturated rings. The Labute approximate surface area is 197 Å². The zero-order valence-electron chi connectivity index (χ0n) is 18.7. The van der Waals surface area contributed by atoms with Gasteiger partial charge in [-0.2, -0.15) is 0 Å². The number of hydrogen-bond donors (Lipinski definition) is 4. The Bertz CT molecular complexity index is 993. The Morgan fingerprint density at radius 2 is 1.76 bits per heavy atom. The zero-order chi connectivity index (χ0) is 23.9. The van der Waals surface area contributed by atoms with Gasteiger partial charge in [0, 0.05) is 7.11 Å². The Balaban J connectivity index is 1.80. The van der Waals surface area contributed by atoms with Gasteiger partial charge >= 0.3 is 0 Å². The summed E-state index contributed by atoms with van der Waals surface area (Å²) in [6.07, 6.45) is -5.59. The Morgan fingerprint density at radius 3 is 2.36 bits per heavy atom. The first kappa shape index (κ1) is 24.2. The van der Waals surface area contributed by atoms with E-state index in [0.29, 0.717) is 22.9 Å². The largest absolute Gasteiger partial charge is 0.453 e. The lowest BCUT2D eigenvalue weighted by Crippen LogP contribution is -2.64. The van der Waals surface area contributed by atoms with Crippen molar-refractivity contribution in [2.24, 2.45) is 0 Å². The summed E-state index contributed by atoms with van der Waals surface area (Å²) in [7, 11) is 1.29. The molecule has 0 aromatic heterocycles. The molecule has 0 amide bonds. The maximum Gasteiger partial charge on any atom is 0.231 e. The first-order valence-corrected chi connectivity index (χ1v) is 11.2. The van der Waals surface area contributed by atoms with Crippen LogP contribution in [-0.4, -0.2) is 65.4 Å². The molecule has 8 nitrogen and oxygen atoms in total. The molecule has 2 aromatic rings. The van der Waals surface area contributed by atoms with Crippen LogP contribution in [0.1, 0.15) is 42.0 Å². The van der Waals surface area contributed by atoms with Crippen molar-refractivity contribution < 1.29 is 39.4 Å². The van der Waals surface area contributed by atoms with E-state index in [2.05, 4.69) is 26.0 Å². The molecule has 2 aliphatic heterocycles. The van der Waals surface area contributed by atoms with Crippen LogP contribution in [0.25, 0.3) is 0 Å². The second-order valence-corrected chi connectivity index (χ2v) is 9.05. The molecular formula is C24H29ClO8. The molecule has 0 spiro atoms. The fourth-order valence-corrected chi connectivity index (χ4v) is 4.62. The number of aliphatic hydroxyl groups is 4. The van der Waals surface area contributed by atoms with E-state index < -0.39 is 36.8 Å². The van der Waals surface area contributed by atoms with Crippen LogP contribution in [0, 0.1) is 0 Å². The van der Waals surface area contributed by atoms with Crippen LogP contribution in [0.3, 0.4) is 0 Å². The SMILES string of the molecule is COC1(c2cc(Cc3ccc(C(C)C)cc3)c(Cl)c3c2OCO3)O[C@H](CO)[C@@H](O)[C@H](O)[C@H]1O. The number of aliphatic hydroxyl groups excluding tert-OH is 4. The highest BCUT2D eigenvalue weighted by molar-refractivity contribution is 6.33. The summed E-state index contributed by atoms with van der Waals surface area (Å²) < 4.78 is 22.7. The van der Waals surface area contributed by atoms with Crippen molar-refractivity contribution in [2.45, 2.75) is 56.4 Å². The summed E-state index contributed by atoms with van der Waals surface area (Å²) in [5.74, 6) is -1.05. The zero-order valence-corrected chi connectivity index (χ0v) is 19.5. The van der Waals surface area contributed by atoms with Crippen molar-refractivity contribution in [3.8, 4) is 11.5 Å². The minimum Gasteiger partial charge on any atom is -0.453 e. The highest BCUT2D eigenvalue weighted by Crippen LogP contribution is 2.51. The molecular weight excluding hydrogens is 452 g/mol. The highest BCUT2D eigenvalue weighted by atomic mass is 35.5. The molecule has 0 saturated carbocycles. The van der Waals surface area contributed by atoms with Crippen LogP contribution in [0.5, 0.6) is 11.5 Å². The lowest BCUT2D eigenvalue weighted by Gasteiger charge is -2.47. The van der Waals surface area contributed by atoms with Gasteiger partial charge in [0.1, 0.15) is 24.4 Å². The number of methoxy groups -OCH3 is 1. The summed E-state index contributed by atoms with van der Waals surface area (Å²) in [6, 6.07) is 9.86. The first-order valence-electron chi connectivity index (χ1n) is 10.8. The topological polar surface area (TPSA) is 118 Å². The molecule has 180 valence electrons. The quantitative estimate of drug-likeness (QED) is 0.496. The van der Waals surface area contributed by atoms with Crippen LogP contribution in [0.4, 0.5) is 0 Å². The molecule has 9 heteroatoms. The monoisotopic (exact) mass is 480 g/mol. The molecule has 0 radical (unpaired) electrons. The highest BCUT2D eigenvalue weighted by Gasteiger charge is 2.57. The first-order chi connectivity index (χ1) is 15.7. The molecule has 2 aliphatic rings. The number of ether oxygens (including phenoxy) is 4. The summed E-state index contributed by atoms with van der Waals surface area (Å²) in [5, 5.41) is 41.6. The van der Waals surface area contributed by atoms with E-state index in [1.165, 1.54) is 12.7 Å². The molecule has 0 bridgehead atoms. The lowest BCUT2D eigenvalue weighted by molar-refractivity contribution is -0.366. The molecule has 4 N–H and O–H groups in total. The number of rotatable bonds is 6. The van der Waals surface area contributed by atoms with E-state index >= 15 is 0 Å². The third kappa shape index (κ3) is 4.10. The van der Waals surface area contributed by atoms with E-state index in [1.54, 1.807) is 6.07 Å². The average Bonchev–Trinajstić information content (AvgIpc) is 3.31. The molecule has 4 rings (SSSR count). The Morgan fingerprint density at radius 1 is 1.09 bits per heavy atom. The van der Waals surface area contributed by atoms with Gasteiger partial charge in [-0.3, -0.25) is 0 Å². The van der Waals surface area contributed by atoms with Crippen LogP contribution in [-0.2, 0) is 21.7 Å². The third-order valence-electron chi connectivity index (χ3n) is 6.33. The minimum absolute atomic E-state index is 0.0981. The predicted molar refractivity (Wildman–Crippen MR) is 120 cm³/mol. The normalized spacial score (nSPS) is 29.0. The maximum atomic E-state index is 10.9. The van der Waals surface area contributed by atoms with Gasteiger partial charge in [0.25, 0.3) is 0 Å². The number of halogens is 1. The minimum atomic E-state index is -1.94. The smallest absolute Gasteiger partial charge is 0.231 e. The van der Waals surface area contributed by atoms with E-state index in [0.717, 1.165) is 5.56 Å². The van der Waals surface area contributed by atoms with Crippen molar-refractivity contribution >= 4 is 11.6 Å². The molecule has 33 heavy (non-hydrogen) atoms. The van der Waals surface area contributed by atoms with Crippen LogP contribution in [0.15, 0.2) is 30.3 Å². The van der Waals surface area contributed by atoms with E-state index in [1.807, 2.05) is 12.1 Å². The second kappa shape index (κ2) is 9.38. The van der Waals surface area contributed by atoms with Crippen molar-refractivity contribution in [1.82, 2.24) is 0 Å². The fraction of sp³-hybridized carbons (Fsp3) is 0.500. The molecule has 5 atom stereocenters. The van der Waals surface area contributed by atoms with Gasteiger partial charge in [-0.05, 0) is 35.1 Å². The summed E-state index contributed by atoms with van der Waals surface area (Å²) >= 11 is 6.65. The summed E-state index contributed by atoms with van der Waals surface area (Å²) in [6.45, 7) is 3.55. The van der Waals surface area contributed by atoms with Gasteiger partial charge in [0.05, 0.1) is 17.2 Å². The van der Waals surface area contributed by atoms with Gasteiger partial charge in [0.2, 0.25) is 12.6 Å². The average molecular weight is 481 g/mol. The Hall–Kier alpha value is -1.91. The van der Waals surface area contributed by atoms with E-state index in [4.69, 9.17) is 30.5 Å². The van der Waals surface area contributed by atoms with Gasteiger partial charge in [-0.25, -0.2) is 0 Å². The summed E-state index contributed by atoms with van der Waals surface area (Å²) in [5.41, 5.74) is 3.14. The molecule has 2 aromatic carbocycles. The van der Waals surface area contributed by atoms with Gasteiger partial charge in [-0.15, -0.1) is 0 Å². The number of fused-ring (bicyclic) bond motifs is 1. The van der Waals surface area contributed by atoms with E-state index in [-0.39, 0.29) is 23.9 Å². The predicted octanol–water partition coefficient (Wildman–Crippen LogP) is 2.06. The third-order valence-corrected chi connectivity index (χ3v) is 6.74. The van der Waals surface area contributed by atoms with Gasteiger partial charge in [0.15, 0.2) is 11.5 Å². The van der Waals surface area contributed by atoms with Crippen molar-refractivity contribution in [3.05, 3.63) is 57.6 Å². The standard InChI is InChI=1S/C24H29ClO8/c1-12(2)14-6-4-13(5-7-14)8-15-9-16(21-22(18(15)25)32-11-31-21)24(30-3)23(29)20(28)19(27)17(10-26)33-24/h4-7,9,12,17,19-20,23,26-29H,8,10-11H2,1-3H3/t17-,19-,20+,23-,24?/m1/s1. The second-order valence-electron chi connectivity index (χ2n) is 8.67.